The van der Waals surface area contributed by atoms with Gasteiger partial charge in [0.05, 0.1) is 29.6 Å². The number of Topliss-reactive ketones (excluding diaryl/α,β-unsaturated/α-hetero) is 1. The van der Waals surface area contributed by atoms with Gasteiger partial charge in [0, 0.05) is 17.5 Å². The normalized spacial score (nSPS) is 15.5. The number of rotatable bonds is 7. The minimum absolute atomic E-state index is 0.0680. The van der Waals surface area contributed by atoms with E-state index in [-0.39, 0.29) is 29.3 Å². The van der Waals surface area contributed by atoms with Gasteiger partial charge in [0.1, 0.15) is 5.75 Å². The van der Waals surface area contributed by atoms with Crippen molar-refractivity contribution in [2.45, 2.75) is 6.42 Å². The summed E-state index contributed by atoms with van der Waals surface area (Å²) >= 11 is 11.7. The molecular formula is C21H18Cl2N2O6. The number of amides is 2. The van der Waals surface area contributed by atoms with Gasteiger partial charge in [-0.15, -0.1) is 0 Å². The number of carbonyl (C=O) groups is 4. The molecule has 8 nitrogen and oxygen atoms in total. The molecular weight excluding hydrogens is 447 g/mol. The Balaban J connectivity index is 1.52. The van der Waals surface area contributed by atoms with Crippen molar-refractivity contribution in [3.8, 4) is 5.75 Å². The molecule has 1 atom stereocenters. The van der Waals surface area contributed by atoms with Gasteiger partial charge in [-0.1, -0.05) is 23.2 Å². The molecule has 10 heteroatoms. The van der Waals surface area contributed by atoms with Crippen LogP contribution in [0.15, 0.2) is 42.5 Å². The number of carbonyl (C=O) groups excluding carboxylic acids is 4. The van der Waals surface area contributed by atoms with Crippen LogP contribution in [0.2, 0.25) is 10.0 Å². The molecule has 31 heavy (non-hydrogen) atoms. The van der Waals surface area contributed by atoms with E-state index in [9.17, 15) is 19.2 Å². The Morgan fingerprint density at radius 3 is 2.39 bits per heavy atom. The second-order valence-electron chi connectivity index (χ2n) is 6.73. The summed E-state index contributed by atoms with van der Waals surface area (Å²) in [6.45, 7) is -0.521. The van der Waals surface area contributed by atoms with E-state index in [1.54, 1.807) is 24.3 Å². The lowest BCUT2D eigenvalue weighted by Gasteiger charge is -2.17. The number of hydrazine groups is 1. The molecule has 0 aromatic heterocycles. The van der Waals surface area contributed by atoms with Crippen LogP contribution in [0.4, 0.5) is 0 Å². The minimum atomic E-state index is -0.801. The topological polar surface area (TPSA) is 102 Å². The summed E-state index contributed by atoms with van der Waals surface area (Å²) < 4.78 is 10.1. The predicted octanol–water partition coefficient (Wildman–Crippen LogP) is 2.92. The zero-order valence-corrected chi connectivity index (χ0v) is 17.9. The first-order chi connectivity index (χ1) is 14.8. The third kappa shape index (κ3) is 5.53. The maximum absolute atomic E-state index is 12.3. The lowest BCUT2D eigenvalue weighted by atomic mass is 10.1. The van der Waals surface area contributed by atoms with Crippen LogP contribution in [-0.2, 0) is 14.3 Å². The van der Waals surface area contributed by atoms with Crippen LogP contribution in [0.1, 0.15) is 27.1 Å². The Kier molecular flexibility index (Phi) is 7.14. The highest BCUT2D eigenvalue weighted by Crippen LogP contribution is 2.23. The van der Waals surface area contributed by atoms with Crippen molar-refractivity contribution in [3.05, 3.63) is 63.6 Å². The Hall–Kier alpha value is -3.10. The van der Waals surface area contributed by atoms with E-state index in [0.717, 1.165) is 5.01 Å². The second kappa shape index (κ2) is 9.80. The summed E-state index contributed by atoms with van der Waals surface area (Å²) in [7, 11) is 1.51. The van der Waals surface area contributed by atoms with Crippen LogP contribution in [0.3, 0.4) is 0 Å². The first-order valence-electron chi connectivity index (χ1n) is 9.18. The fraction of sp³-hybridized carbons (Fsp3) is 0.238. The smallest absolute Gasteiger partial charge is 0.311 e. The molecule has 0 bridgehead atoms. The number of nitrogens with one attached hydrogen (secondary N) is 1. The summed E-state index contributed by atoms with van der Waals surface area (Å²) in [4.78, 5) is 49.0. The van der Waals surface area contributed by atoms with Gasteiger partial charge in [-0.05, 0) is 42.5 Å². The molecule has 162 valence electrons. The number of halogens is 2. The summed E-state index contributed by atoms with van der Waals surface area (Å²) in [5.74, 6) is -2.30. The molecule has 1 aliphatic rings. The Bertz CT molecular complexity index is 1030. The van der Waals surface area contributed by atoms with Crippen molar-refractivity contribution < 1.29 is 28.7 Å². The average Bonchev–Trinajstić information content (AvgIpc) is 3.13. The molecule has 3 rings (SSSR count). The standard InChI is InChI=1S/C21H18Cl2N2O6/c1-30-15-5-2-12(3-6-15)18(26)11-31-21(29)14-9-19(27)25(10-14)24-20(28)13-4-7-16(22)17(23)8-13/h2-8,14H,9-11H2,1H3,(H,24,28)/t14-/m0/s1. The van der Waals surface area contributed by atoms with E-state index in [4.69, 9.17) is 32.7 Å². The molecule has 1 heterocycles. The van der Waals surface area contributed by atoms with E-state index in [2.05, 4.69) is 5.43 Å². The lowest BCUT2D eigenvalue weighted by molar-refractivity contribution is -0.147. The monoisotopic (exact) mass is 464 g/mol. The third-order valence-corrected chi connectivity index (χ3v) is 5.37. The Morgan fingerprint density at radius 1 is 1.06 bits per heavy atom. The highest BCUT2D eigenvalue weighted by atomic mass is 35.5. The zero-order valence-electron chi connectivity index (χ0n) is 16.4. The number of hydrogen-bond donors (Lipinski definition) is 1. The number of benzene rings is 2. The van der Waals surface area contributed by atoms with Gasteiger partial charge in [0.15, 0.2) is 12.4 Å². The van der Waals surface area contributed by atoms with Crippen LogP contribution >= 0.6 is 23.2 Å². The summed E-state index contributed by atoms with van der Waals surface area (Å²) in [6.07, 6.45) is -0.142. The molecule has 1 N–H and O–H groups in total. The fourth-order valence-corrected chi connectivity index (χ4v) is 3.21. The van der Waals surface area contributed by atoms with Gasteiger partial charge in [-0.25, -0.2) is 0 Å². The molecule has 0 radical (unpaired) electrons. The minimum Gasteiger partial charge on any atom is -0.497 e. The fourth-order valence-electron chi connectivity index (χ4n) is 2.91. The molecule has 0 aliphatic carbocycles. The molecule has 0 unspecified atom stereocenters. The van der Waals surface area contributed by atoms with Crippen LogP contribution < -0.4 is 10.2 Å². The van der Waals surface area contributed by atoms with E-state index >= 15 is 0 Å². The largest absolute Gasteiger partial charge is 0.497 e. The van der Waals surface area contributed by atoms with E-state index in [0.29, 0.717) is 16.3 Å². The molecule has 1 fully saturated rings. The Labute approximate surface area is 188 Å². The van der Waals surface area contributed by atoms with E-state index in [1.807, 2.05) is 0 Å². The number of esters is 1. The van der Waals surface area contributed by atoms with Gasteiger partial charge >= 0.3 is 5.97 Å². The molecule has 0 saturated carbocycles. The van der Waals surface area contributed by atoms with Crippen molar-refractivity contribution in [1.29, 1.82) is 0 Å². The van der Waals surface area contributed by atoms with Crippen molar-refractivity contribution in [3.63, 3.8) is 0 Å². The highest BCUT2D eigenvalue weighted by Gasteiger charge is 2.36. The first kappa shape index (κ1) is 22.6. The van der Waals surface area contributed by atoms with Gasteiger partial charge in [-0.3, -0.25) is 29.6 Å². The molecule has 2 aromatic carbocycles. The maximum Gasteiger partial charge on any atom is 0.311 e. The quantitative estimate of drug-likeness (QED) is 0.499. The van der Waals surface area contributed by atoms with Gasteiger partial charge in [-0.2, -0.15) is 0 Å². The maximum atomic E-state index is 12.3. The summed E-state index contributed by atoms with van der Waals surface area (Å²) in [6, 6.07) is 10.7. The highest BCUT2D eigenvalue weighted by molar-refractivity contribution is 6.42. The van der Waals surface area contributed by atoms with Crippen LogP contribution in [0, 0.1) is 5.92 Å². The molecule has 1 saturated heterocycles. The van der Waals surface area contributed by atoms with Crippen LogP contribution in [0.5, 0.6) is 5.75 Å². The third-order valence-electron chi connectivity index (χ3n) is 4.63. The van der Waals surface area contributed by atoms with Gasteiger partial charge in [0.25, 0.3) is 5.91 Å². The van der Waals surface area contributed by atoms with Gasteiger partial charge in [0.2, 0.25) is 5.91 Å². The number of nitrogens with zero attached hydrogens (tertiary/aromatic N) is 1. The summed E-state index contributed by atoms with van der Waals surface area (Å²) in [5, 5.41) is 1.54. The van der Waals surface area contributed by atoms with E-state index in [1.165, 1.54) is 25.3 Å². The molecule has 1 aliphatic heterocycles. The average molecular weight is 465 g/mol. The summed E-state index contributed by atoms with van der Waals surface area (Å²) in [5.41, 5.74) is 3.01. The van der Waals surface area contributed by atoms with Crippen molar-refractivity contribution in [1.82, 2.24) is 10.4 Å². The SMILES string of the molecule is COc1ccc(C(=O)COC(=O)[C@H]2CC(=O)N(NC(=O)c3ccc(Cl)c(Cl)c3)C2)cc1. The van der Waals surface area contributed by atoms with E-state index < -0.39 is 30.3 Å². The number of methoxy groups -OCH3 is 1. The molecule has 2 aromatic rings. The van der Waals surface area contributed by atoms with Crippen molar-refractivity contribution in [2.24, 2.45) is 5.92 Å². The van der Waals surface area contributed by atoms with Crippen LogP contribution in [0.25, 0.3) is 0 Å². The second-order valence-corrected chi connectivity index (χ2v) is 7.55. The number of ketones is 1. The van der Waals surface area contributed by atoms with Crippen LogP contribution in [-0.4, -0.2) is 48.8 Å². The van der Waals surface area contributed by atoms with Gasteiger partial charge < -0.3 is 9.47 Å². The predicted molar refractivity (Wildman–Crippen MR) is 112 cm³/mol. The Morgan fingerprint density at radius 2 is 1.74 bits per heavy atom. The zero-order chi connectivity index (χ0) is 22.5. The number of hydrogen-bond acceptors (Lipinski definition) is 6. The number of ether oxygens (including phenoxy) is 2. The van der Waals surface area contributed by atoms with Crippen molar-refractivity contribution in [2.75, 3.05) is 20.3 Å². The van der Waals surface area contributed by atoms with Crippen molar-refractivity contribution >= 4 is 46.8 Å². The molecule has 2 amide bonds. The lowest BCUT2D eigenvalue weighted by Crippen LogP contribution is -2.43. The first-order valence-corrected chi connectivity index (χ1v) is 9.94. The molecule has 0 spiro atoms.